The number of hydrogen-bond acceptors (Lipinski definition) is 2. The molecule has 0 unspecified atom stereocenters. The van der Waals surface area contributed by atoms with Crippen molar-refractivity contribution in [2.24, 2.45) is 0 Å². The SMILES string of the molecule is CC(C)(C)n1ccnc1-c1ccc(C#Cc2cccc(-n3cccc3)c2)s1. The number of imidazole rings is 1. The Kier molecular flexibility index (Phi) is 4.47. The molecule has 0 aliphatic rings. The first-order valence-electron chi connectivity index (χ1n) is 8.90. The van der Waals surface area contributed by atoms with Crippen molar-refractivity contribution < 1.29 is 0 Å². The van der Waals surface area contributed by atoms with Gasteiger partial charge in [-0.2, -0.15) is 0 Å². The van der Waals surface area contributed by atoms with Crippen LogP contribution in [0.15, 0.2) is 73.3 Å². The molecule has 27 heavy (non-hydrogen) atoms. The first kappa shape index (κ1) is 17.4. The van der Waals surface area contributed by atoms with Crippen molar-refractivity contribution in [2.45, 2.75) is 26.3 Å². The van der Waals surface area contributed by atoms with E-state index in [2.05, 4.69) is 71.0 Å². The Morgan fingerprint density at radius 3 is 2.52 bits per heavy atom. The van der Waals surface area contributed by atoms with Gasteiger partial charge in [-0.3, -0.25) is 0 Å². The standard InChI is InChI=1S/C23H21N3S/c1-23(2,3)26-16-13-24-22(26)21-12-11-20(27-21)10-9-18-7-6-8-19(17-18)25-14-4-5-15-25/h4-8,11-17H,1-3H3. The highest BCUT2D eigenvalue weighted by Gasteiger charge is 2.18. The molecule has 4 aromatic rings. The Bertz CT molecular complexity index is 1110. The Morgan fingerprint density at radius 1 is 0.926 bits per heavy atom. The number of hydrogen-bond donors (Lipinski definition) is 0. The predicted molar refractivity (Wildman–Crippen MR) is 112 cm³/mol. The van der Waals surface area contributed by atoms with E-state index >= 15 is 0 Å². The highest BCUT2D eigenvalue weighted by molar-refractivity contribution is 7.15. The smallest absolute Gasteiger partial charge is 0.150 e. The summed E-state index contributed by atoms with van der Waals surface area (Å²) in [5.74, 6) is 7.58. The number of rotatable bonds is 2. The van der Waals surface area contributed by atoms with Gasteiger partial charge in [-0.1, -0.05) is 17.9 Å². The van der Waals surface area contributed by atoms with Crippen LogP contribution in [0, 0.1) is 11.8 Å². The largest absolute Gasteiger partial charge is 0.325 e. The molecule has 0 saturated carbocycles. The van der Waals surface area contributed by atoms with Crippen LogP contribution in [-0.4, -0.2) is 14.1 Å². The van der Waals surface area contributed by atoms with Gasteiger partial charge in [0, 0.05) is 41.6 Å². The van der Waals surface area contributed by atoms with Crippen LogP contribution in [0.25, 0.3) is 16.4 Å². The molecule has 134 valence electrons. The van der Waals surface area contributed by atoms with Gasteiger partial charge in [0.25, 0.3) is 0 Å². The minimum Gasteiger partial charge on any atom is -0.325 e. The summed E-state index contributed by atoms with van der Waals surface area (Å²) in [6.07, 6.45) is 7.97. The van der Waals surface area contributed by atoms with E-state index in [1.54, 1.807) is 11.3 Å². The number of aromatic nitrogens is 3. The zero-order chi connectivity index (χ0) is 18.9. The van der Waals surface area contributed by atoms with Crippen molar-refractivity contribution in [1.82, 2.24) is 14.1 Å². The van der Waals surface area contributed by atoms with E-state index in [-0.39, 0.29) is 5.54 Å². The van der Waals surface area contributed by atoms with Gasteiger partial charge in [0.05, 0.1) is 9.75 Å². The molecular weight excluding hydrogens is 350 g/mol. The third kappa shape index (κ3) is 3.74. The zero-order valence-electron chi connectivity index (χ0n) is 15.7. The quantitative estimate of drug-likeness (QED) is 0.423. The lowest BCUT2D eigenvalue weighted by atomic mass is 10.1. The maximum atomic E-state index is 4.55. The summed E-state index contributed by atoms with van der Waals surface area (Å²) in [5, 5.41) is 0. The molecule has 0 aliphatic heterocycles. The van der Waals surface area contributed by atoms with Crippen LogP contribution < -0.4 is 0 Å². The molecular formula is C23H21N3S. The fraction of sp³-hybridized carbons (Fsp3) is 0.174. The van der Waals surface area contributed by atoms with E-state index in [9.17, 15) is 0 Å². The van der Waals surface area contributed by atoms with Gasteiger partial charge in [0.1, 0.15) is 0 Å². The minimum atomic E-state index is 0.000565. The molecule has 0 aliphatic carbocycles. The van der Waals surface area contributed by atoms with E-state index in [0.717, 1.165) is 26.8 Å². The van der Waals surface area contributed by atoms with Gasteiger partial charge >= 0.3 is 0 Å². The molecule has 3 aromatic heterocycles. The van der Waals surface area contributed by atoms with Crippen molar-refractivity contribution in [3.05, 3.63) is 83.8 Å². The Morgan fingerprint density at radius 2 is 1.74 bits per heavy atom. The van der Waals surface area contributed by atoms with Crippen LogP contribution in [0.3, 0.4) is 0 Å². The maximum Gasteiger partial charge on any atom is 0.150 e. The highest BCUT2D eigenvalue weighted by atomic mass is 32.1. The molecule has 4 rings (SSSR count). The molecule has 4 heteroatoms. The maximum absolute atomic E-state index is 4.55. The average molecular weight is 372 g/mol. The highest BCUT2D eigenvalue weighted by Crippen LogP contribution is 2.30. The molecule has 0 atom stereocenters. The fourth-order valence-corrected chi connectivity index (χ4v) is 3.79. The average Bonchev–Trinajstić information content (AvgIpc) is 3.40. The second-order valence-corrected chi connectivity index (χ2v) is 8.43. The van der Waals surface area contributed by atoms with Gasteiger partial charge < -0.3 is 9.13 Å². The number of thiophene rings is 1. The summed E-state index contributed by atoms with van der Waals surface area (Å²) in [7, 11) is 0. The molecule has 0 radical (unpaired) electrons. The van der Waals surface area contributed by atoms with Crippen LogP contribution in [0.2, 0.25) is 0 Å². The lowest BCUT2D eigenvalue weighted by molar-refractivity contribution is 0.401. The molecule has 1 aromatic carbocycles. The molecule has 3 heterocycles. The van der Waals surface area contributed by atoms with E-state index in [1.807, 2.05) is 49.1 Å². The van der Waals surface area contributed by atoms with Crippen molar-refractivity contribution in [2.75, 3.05) is 0 Å². The summed E-state index contributed by atoms with van der Waals surface area (Å²) in [4.78, 5) is 6.73. The molecule has 0 fully saturated rings. The van der Waals surface area contributed by atoms with Crippen LogP contribution in [-0.2, 0) is 5.54 Å². The van der Waals surface area contributed by atoms with Gasteiger partial charge in [-0.05, 0) is 63.2 Å². The second kappa shape index (κ2) is 6.94. The second-order valence-electron chi connectivity index (χ2n) is 7.35. The third-order valence-electron chi connectivity index (χ3n) is 4.27. The van der Waals surface area contributed by atoms with Gasteiger partial charge in [-0.25, -0.2) is 4.98 Å². The van der Waals surface area contributed by atoms with E-state index in [0.29, 0.717) is 0 Å². The van der Waals surface area contributed by atoms with Crippen LogP contribution in [0.4, 0.5) is 0 Å². The van der Waals surface area contributed by atoms with Gasteiger partial charge in [0.2, 0.25) is 0 Å². The van der Waals surface area contributed by atoms with Crippen LogP contribution in [0.5, 0.6) is 0 Å². The zero-order valence-corrected chi connectivity index (χ0v) is 16.5. The summed E-state index contributed by atoms with van der Waals surface area (Å²) in [6.45, 7) is 6.55. The monoisotopic (exact) mass is 371 g/mol. The first-order chi connectivity index (χ1) is 13.0. The molecule has 0 spiro atoms. The fourth-order valence-electron chi connectivity index (χ4n) is 2.94. The van der Waals surface area contributed by atoms with Gasteiger partial charge in [-0.15, -0.1) is 11.3 Å². The molecule has 0 amide bonds. The summed E-state index contributed by atoms with van der Waals surface area (Å²) in [6, 6.07) is 16.5. The number of nitrogens with zero attached hydrogens (tertiary/aromatic N) is 3. The first-order valence-corrected chi connectivity index (χ1v) is 9.72. The van der Waals surface area contributed by atoms with E-state index in [4.69, 9.17) is 0 Å². The Balaban J connectivity index is 1.60. The topological polar surface area (TPSA) is 22.8 Å². The molecule has 3 nitrogen and oxygen atoms in total. The molecule has 0 saturated heterocycles. The van der Waals surface area contributed by atoms with Gasteiger partial charge in [0.15, 0.2) is 5.82 Å². The molecule has 0 bridgehead atoms. The van der Waals surface area contributed by atoms with Crippen molar-refractivity contribution >= 4 is 11.3 Å². The Labute approximate surface area is 163 Å². The minimum absolute atomic E-state index is 0.000565. The lowest BCUT2D eigenvalue weighted by Crippen LogP contribution is -2.21. The summed E-state index contributed by atoms with van der Waals surface area (Å²) < 4.78 is 4.29. The summed E-state index contributed by atoms with van der Waals surface area (Å²) >= 11 is 1.68. The van der Waals surface area contributed by atoms with Crippen LogP contribution in [0.1, 0.15) is 31.2 Å². The van der Waals surface area contributed by atoms with Crippen LogP contribution >= 0.6 is 11.3 Å². The van der Waals surface area contributed by atoms with E-state index in [1.165, 1.54) is 0 Å². The predicted octanol–water partition coefficient (Wildman–Crippen LogP) is 5.56. The lowest BCUT2D eigenvalue weighted by Gasteiger charge is -2.22. The Hall–Kier alpha value is -3.03. The summed E-state index contributed by atoms with van der Waals surface area (Å²) in [5.41, 5.74) is 2.12. The number of benzene rings is 1. The molecule has 0 N–H and O–H groups in total. The third-order valence-corrected chi connectivity index (χ3v) is 5.27. The van der Waals surface area contributed by atoms with Crippen molar-refractivity contribution in [3.8, 4) is 28.2 Å². The van der Waals surface area contributed by atoms with Crippen molar-refractivity contribution in [1.29, 1.82) is 0 Å². The normalized spacial score (nSPS) is 11.2. The van der Waals surface area contributed by atoms with E-state index < -0.39 is 0 Å². The van der Waals surface area contributed by atoms with Crippen molar-refractivity contribution in [3.63, 3.8) is 0 Å².